The molecular formula is C14H17ClN2O2S. The van der Waals surface area contributed by atoms with Gasteiger partial charge in [0.15, 0.2) is 0 Å². The van der Waals surface area contributed by atoms with Gasteiger partial charge in [0.1, 0.15) is 6.07 Å². The maximum atomic E-state index is 12.6. The molecule has 1 saturated carbocycles. The first-order chi connectivity index (χ1) is 9.48. The first kappa shape index (κ1) is 15.3. The third-order valence-corrected chi connectivity index (χ3v) is 5.99. The summed E-state index contributed by atoms with van der Waals surface area (Å²) in [4.78, 5) is 0.155. The van der Waals surface area contributed by atoms with E-state index >= 15 is 0 Å². The summed E-state index contributed by atoms with van der Waals surface area (Å²) < 4.78 is 26.6. The first-order valence-corrected chi connectivity index (χ1v) is 8.50. The monoisotopic (exact) mass is 312 g/mol. The lowest BCUT2D eigenvalue weighted by molar-refractivity contribution is 0.250. The van der Waals surface area contributed by atoms with Crippen molar-refractivity contribution < 1.29 is 8.42 Å². The molecule has 0 saturated heterocycles. The molecule has 1 aliphatic rings. The standard InChI is InChI=1S/C14H17ClN2O2S/c1-2-17(10-11-4-3-5-11)20(18,19)13-7-6-12(9-16)14(15)8-13/h6-8,11H,2-5,10H2,1H3. The van der Waals surface area contributed by atoms with Crippen molar-refractivity contribution >= 4 is 21.6 Å². The van der Waals surface area contributed by atoms with E-state index in [1.54, 1.807) is 0 Å². The smallest absolute Gasteiger partial charge is 0.207 e. The molecule has 1 aliphatic carbocycles. The van der Waals surface area contributed by atoms with Gasteiger partial charge < -0.3 is 0 Å². The predicted octanol–water partition coefficient (Wildman–Crippen LogP) is 3.02. The van der Waals surface area contributed by atoms with Gasteiger partial charge in [-0.2, -0.15) is 9.57 Å². The molecule has 0 atom stereocenters. The summed E-state index contributed by atoms with van der Waals surface area (Å²) in [6.45, 7) is 2.84. The number of nitrogens with zero attached hydrogens (tertiary/aromatic N) is 2. The van der Waals surface area contributed by atoms with Crippen LogP contribution in [0.1, 0.15) is 31.7 Å². The molecule has 0 bridgehead atoms. The number of rotatable bonds is 5. The molecule has 2 rings (SSSR count). The van der Waals surface area contributed by atoms with Gasteiger partial charge in [-0.1, -0.05) is 24.9 Å². The van der Waals surface area contributed by atoms with Crippen molar-refractivity contribution in [2.45, 2.75) is 31.1 Å². The van der Waals surface area contributed by atoms with Gasteiger partial charge in [-0.15, -0.1) is 0 Å². The summed E-state index contributed by atoms with van der Waals surface area (Å²) in [7, 11) is -3.53. The number of sulfonamides is 1. The van der Waals surface area contributed by atoms with Crippen LogP contribution in [0.15, 0.2) is 23.1 Å². The zero-order chi connectivity index (χ0) is 14.8. The van der Waals surface area contributed by atoms with Gasteiger partial charge in [-0.3, -0.25) is 0 Å². The minimum Gasteiger partial charge on any atom is -0.207 e. The summed E-state index contributed by atoms with van der Waals surface area (Å²) in [6, 6.07) is 6.19. The molecule has 4 nitrogen and oxygen atoms in total. The van der Waals surface area contributed by atoms with Crippen molar-refractivity contribution in [3.8, 4) is 6.07 Å². The Hall–Kier alpha value is -1.09. The fourth-order valence-electron chi connectivity index (χ4n) is 2.26. The molecule has 0 spiro atoms. The normalized spacial score (nSPS) is 15.9. The number of benzene rings is 1. The second kappa shape index (κ2) is 6.13. The molecule has 0 amide bonds. The van der Waals surface area contributed by atoms with Gasteiger partial charge in [0, 0.05) is 13.1 Å². The molecule has 1 aromatic carbocycles. The third kappa shape index (κ3) is 2.98. The fraction of sp³-hybridized carbons (Fsp3) is 0.500. The zero-order valence-corrected chi connectivity index (χ0v) is 12.9. The van der Waals surface area contributed by atoms with Crippen molar-refractivity contribution in [2.24, 2.45) is 5.92 Å². The zero-order valence-electron chi connectivity index (χ0n) is 11.3. The van der Waals surface area contributed by atoms with Crippen molar-refractivity contribution in [2.75, 3.05) is 13.1 Å². The Kier molecular flexibility index (Phi) is 4.69. The highest BCUT2D eigenvalue weighted by molar-refractivity contribution is 7.89. The Bertz CT molecular complexity index is 633. The van der Waals surface area contributed by atoms with Crippen LogP contribution in [0.3, 0.4) is 0 Å². The van der Waals surface area contributed by atoms with Crippen LogP contribution in [-0.2, 0) is 10.0 Å². The average Bonchev–Trinajstić information content (AvgIpc) is 2.37. The van der Waals surface area contributed by atoms with Crippen LogP contribution in [0, 0.1) is 17.2 Å². The Balaban J connectivity index is 2.27. The van der Waals surface area contributed by atoms with Crippen molar-refractivity contribution in [3.05, 3.63) is 28.8 Å². The second-order valence-corrected chi connectivity index (χ2v) is 7.35. The van der Waals surface area contributed by atoms with E-state index in [9.17, 15) is 8.42 Å². The maximum absolute atomic E-state index is 12.6. The van der Waals surface area contributed by atoms with E-state index in [1.165, 1.54) is 28.9 Å². The van der Waals surface area contributed by atoms with Gasteiger partial charge in [0.2, 0.25) is 10.0 Å². The fourth-order valence-corrected chi connectivity index (χ4v) is 4.10. The molecule has 0 aliphatic heterocycles. The van der Waals surface area contributed by atoms with Gasteiger partial charge in [0.25, 0.3) is 0 Å². The Morgan fingerprint density at radius 3 is 2.60 bits per heavy atom. The lowest BCUT2D eigenvalue weighted by Gasteiger charge is -2.31. The van der Waals surface area contributed by atoms with E-state index in [-0.39, 0.29) is 15.5 Å². The molecular weight excluding hydrogens is 296 g/mol. The highest BCUT2D eigenvalue weighted by atomic mass is 35.5. The lowest BCUT2D eigenvalue weighted by Crippen LogP contribution is -2.37. The molecule has 108 valence electrons. The summed E-state index contributed by atoms with van der Waals surface area (Å²) in [5.41, 5.74) is 0.285. The van der Waals surface area contributed by atoms with Crippen LogP contribution in [-0.4, -0.2) is 25.8 Å². The largest absolute Gasteiger partial charge is 0.243 e. The summed E-state index contributed by atoms with van der Waals surface area (Å²) in [5.74, 6) is 0.471. The average molecular weight is 313 g/mol. The number of hydrogen-bond acceptors (Lipinski definition) is 3. The molecule has 0 unspecified atom stereocenters. The summed E-state index contributed by atoms with van der Waals surface area (Å²) >= 11 is 5.92. The van der Waals surface area contributed by atoms with Gasteiger partial charge >= 0.3 is 0 Å². The molecule has 0 heterocycles. The molecule has 1 aromatic rings. The lowest BCUT2D eigenvalue weighted by atomic mass is 9.85. The minimum absolute atomic E-state index is 0.155. The van der Waals surface area contributed by atoms with Crippen LogP contribution in [0.2, 0.25) is 5.02 Å². The van der Waals surface area contributed by atoms with Gasteiger partial charge in [-0.25, -0.2) is 8.42 Å². The number of hydrogen-bond donors (Lipinski definition) is 0. The SMILES string of the molecule is CCN(CC1CCC1)S(=O)(=O)c1ccc(C#N)c(Cl)c1. The van der Waals surface area contributed by atoms with Crippen LogP contribution < -0.4 is 0 Å². The molecule has 0 aromatic heterocycles. The molecule has 0 radical (unpaired) electrons. The van der Waals surface area contributed by atoms with E-state index in [0.717, 1.165) is 12.8 Å². The molecule has 0 N–H and O–H groups in total. The van der Waals surface area contributed by atoms with E-state index in [4.69, 9.17) is 16.9 Å². The highest BCUT2D eigenvalue weighted by Crippen LogP contribution is 2.30. The van der Waals surface area contributed by atoms with E-state index in [2.05, 4.69) is 0 Å². The van der Waals surface area contributed by atoms with E-state index < -0.39 is 10.0 Å². The molecule has 6 heteroatoms. The Morgan fingerprint density at radius 2 is 2.15 bits per heavy atom. The van der Waals surface area contributed by atoms with Crippen LogP contribution in [0.4, 0.5) is 0 Å². The summed E-state index contributed by atoms with van der Waals surface area (Å²) in [5, 5.41) is 9.01. The Morgan fingerprint density at radius 1 is 1.45 bits per heavy atom. The van der Waals surface area contributed by atoms with Crippen molar-refractivity contribution in [1.29, 1.82) is 5.26 Å². The quantitative estimate of drug-likeness (QED) is 0.839. The maximum Gasteiger partial charge on any atom is 0.243 e. The highest BCUT2D eigenvalue weighted by Gasteiger charge is 2.28. The topological polar surface area (TPSA) is 61.2 Å². The minimum atomic E-state index is -3.53. The molecule has 1 fully saturated rings. The first-order valence-electron chi connectivity index (χ1n) is 6.68. The van der Waals surface area contributed by atoms with E-state index in [0.29, 0.717) is 19.0 Å². The van der Waals surface area contributed by atoms with Gasteiger partial charge in [0.05, 0.1) is 15.5 Å². The predicted molar refractivity (Wildman–Crippen MR) is 77.9 cm³/mol. The van der Waals surface area contributed by atoms with Gasteiger partial charge in [-0.05, 0) is 37.0 Å². The third-order valence-electron chi connectivity index (χ3n) is 3.74. The van der Waals surface area contributed by atoms with Crippen molar-refractivity contribution in [1.82, 2.24) is 4.31 Å². The van der Waals surface area contributed by atoms with E-state index in [1.807, 2.05) is 13.0 Å². The van der Waals surface area contributed by atoms with Crippen LogP contribution in [0.5, 0.6) is 0 Å². The number of halogens is 1. The van der Waals surface area contributed by atoms with Crippen molar-refractivity contribution in [3.63, 3.8) is 0 Å². The Labute approximate surface area is 125 Å². The number of nitriles is 1. The second-order valence-electron chi connectivity index (χ2n) is 5.01. The van der Waals surface area contributed by atoms with Crippen LogP contribution in [0.25, 0.3) is 0 Å². The van der Waals surface area contributed by atoms with Crippen LogP contribution >= 0.6 is 11.6 Å². The molecule has 20 heavy (non-hydrogen) atoms. The summed E-state index contributed by atoms with van der Waals surface area (Å²) in [6.07, 6.45) is 3.38.